The van der Waals surface area contributed by atoms with E-state index in [-0.39, 0.29) is 44.2 Å². The second kappa shape index (κ2) is 16.4. The average molecular weight is 751 g/mol. The van der Waals surface area contributed by atoms with E-state index < -0.39 is 16.8 Å². The molecule has 2 fully saturated rings. The van der Waals surface area contributed by atoms with Crippen molar-refractivity contribution >= 4 is 64.6 Å². The van der Waals surface area contributed by atoms with Crippen LogP contribution in [0.5, 0.6) is 6.01 Å². The molecule has 0 bridgehead atoms. The first-order valence-electron chi connectivity index (χ1n) is 18.7. The molecule has 3 unspecified atom stereocenters. The molecule has 2 aliphatic heterocycles. The van der Waals surface area contributed by atoms with Gasteiger partial charge in [-0.15, -0.1) is 11.3 Å². The van der Waals surface area contributed by atoms with Crippen molar-refractivity contribution in [1.82, 2.24) is 14.9 Å². The van der Waals surface area contributed by atoms with Crippen LogP contribution in [0.1, 0.15) is 79.7 Å². The molecule has 54 heavy (non-hydrogen) atoms. The standard InChI is InChI=1S/C37H44B2F2N6OS.C4H6O/c1-7-47(30(21(4)5)11-8-20(2)3)34-25-12-28(41)24(23-9-10-27(40)32-31(23)26(15-42)33(43)49-32)13-29(25)44-35(45-34)48-19-36-14-22(6)16-46(36)18-37(38,39)17-36;1-3-4(2)5/h9-10,12-13,20-22,30H,7-8,11,14,16-19,43H2,1-6H3;3H,1H2,2H3. The molecule has 2 aromatic carbocycles. The summed E-state index contributed by atoms with van der Waals surface area (Å²) in [7, 11) is 12.9. The van der Waals surface area contributed by atoms with Gasteiger partial charge in [0.15, 0.2) is 5.78 Å². The van der Waals surface area contributed by atoms with Crippen molar-refractivity contribution in [3.63, 3.8) is 0 Å². The van der Waals surface area contributed by atoms with E-state index in [0.717, 1.165) is 37.1 Å². The van der Waals surface area contributed by atoms with Crippen LogP contribution in [0, 0.1) is 40.7 Å². The number of allylic oxidation sites excluding steroid dienone is 1. The highest BCUT2D eigenvalue weighted by molar-refractivity contribution is 7.23. The van der Waals surface area contributed by atoms with Crippen molar-refractivity contribution < 1.29 is 18.3 Å². The van der Waals surface area contributed by atoms with Gasteiger partial charge >= 0.3 is 6.01 Å². The molecule has 2 aromatic heterocycles. The maximum Gasteiger partial charge on any atom is 0.319 e. The monoisotopic (exact) mass is 750 g/mol. The van der Waals surface area contributed by atoms with Gasteiger partial charge in [-0.2, -0.15) is 15.2 Å². The number of nitriles is 1. The number of halogens is 2. The van der Waals surface area contributed by atoms with E-state index >= 15 is 4.39 Å². The summed E-state index contributed by atoms with van der Waals surface area (Å²) in [5, 5.41) is 10.1. The highest BCUT2D eigenvalue weighted by atomic mass is 32.1. The molecule has 0 aliphatic carbocycles. The third kappa shape index (κ3) is 8.45. The number of hydrogen-bond acceptors (Lipinski definition) is 9. The van der Waals surface area contributed by atoms with Gasteiger partial charge in [-0.25, -0.2) is 8.78 Å². The predicted molar refractivity (Wildman–Crippen MR) is 218 cm³/mol. The summed E-state index contributed by atoms with van der Waals surface area (Å²) in [5.41, 5.74) is 6.95. The van der Waals surface area contributed by atoms with Crippen molar-refractivity contribution in [3.05, 3.63) is 54.1 Å². The van der Waals surface area contributed by atoms with Crippen LogP contribution in [0.3, 0.4) is 0 Å². The van der Waals surface area contributed by atoms with Crippen LogP contribution in [0.15, 0.2) is 36.9 Å². The normalized spacial score (nSPS) is 19.8. The minimum Gasteiger partial charge on any atom is -0.461 e. The van der Waals surface area contributed by atoms with E-state index in [9.17, 15) is 14.4 Å². The Balaban J connectivity index is 0.00000105. The maximum absolute atomic E-state index is 16.4. The van der Waals surface area contributed by atoms with Crippen molar-refractivity contribution in [2.75, 3.05) is 36.9 Å². The number of benzene rings is 2. The molecule has 0 saturated carbocycles. The Bertz CT molecular complexity index is 2080. The van der Waals surface area contributed by atoms with E-state index in [1.54, 1.807) is 6.07 Å². The number of nitrogen functional groups attached to an aromatic ring is 1. The zero-order chi connectivity index (χ0) is 39.7. The first-order chi connectivity index (χ1) is 25.4. The van der Waals surface area contributed by atoms with Gasteiger partial charge in [0.2, 0.25) is 0 Å². The van der Waals surface area contributed by atoms with Gasteiger partial charge in [0.1, 0.15) is 35.1 Å². The fraction of sp³-hybridized carbons (Fsp3) is 0.512. The summed E-state index contributed by atoms with van der Waals surface area (Å²) < 4.78 is 38.1. The molecule has 2 N–H and O–H groups in total. The Labute approximate surface area is 325 Å². The zero-order valence-corrected chi connectivity index (χ0v) is 33.3. The maximum atomic E-state index is 16.4. The van der Waals surface area contributed by atoms with Crippen LogP contribution in [0.25, 0.3) is 32.1 Å². The molecule has 3 atom stereocenters. The van der Waals surface area contributed by atoms with Crippen molar-refractivity contribution in [3.8, 4) is 23.2 Å². The minimum atomic E-state index is -0.806. The molecule has 4 aromatic rings. The minimum absolute atomic E-state index is 0.0185. The largest absolute Gasteiger partial charge is 0.461 e. The molecular formula is C41H50B2F2N6O2S. The zero-order valence-electron chi connectivity index (χ0n) is 32.5. The lowest BCUT2D eigenvalue weighted by Crippen LogP contribution is -2.43. The lowest BCUT2D eigenvalue weighted by molar-refractivity contribution is -0.112. The van der Waals surface area contributed by atoms with Gasteiger partial charge in [0, 0.05) is 35.5 Å². The van der Waals surface area contributed by atoms with Gasteiger partial charge in [-0.3, -0.25) is 9.69 Å². The molecule has 2 saturated heterocycles. The number of carbonyl (C=O) groups excluding carboxylic acids is 1. The summed E-state index contributed by atoms with van der Waals surface area (Å²) in [6, 6.07) is 8.30. The molecule has 0 spiro atoms. The number of nitrogens with two attached hydrogens (primary N) is 1. The van der Waals surface area contributed by atoms with Gasteiger partial charge in [-0.05, 0) is 93.7 Å². The third-order valence-corrected chi connectivity index (χ3v) is 11.6. The Morgan fingerprint density at radius 3 is 2.52 bits per heavy atom. The summed E-state index contributed by atoms with van der Waals surface area (Å²) in [5.74, 6) is 0.866. The van der Waals surface area contributed by atoms with E-state index in [1.165, 1.54) is 31.2 Å². The lowest BCUT2D eigenvalue weighted by Gasteiger charge is -2.36. The molecule has 0 amide bonds. The fourth-order valence-corrected chi connectivity index (χ4v) is 9.22. The van der Waals surface area contributed by atoms with Crippen molar-refractivity contribution in [2.45, 2.75) is 90.9 Å². The molecule has 4 radical (unpaired) electrons. The summed E-state index contributed by atoms with van der Waals surface area (Å²) in [6.07, 6.45) is 4.75. The van der Waals surface area contributed by atoms with Crippen LogP contribution >= 0.6 is 11.3 Å². The third-order valence-electron chi connectivity index (χ3n) is 10.6. The lowest BCUT2D eigenvalue weighted by atomic mass is 9.52. The van der Waals surface area contributed by atoms with E-state index in [2.05, 4.69) is 64.0 Å². The summed E-state index contributed by atoms with van der Waals surface area (Å²) in [6.45, 7) is 20.3. The number of carbonyl (C=O) groups is 1. The Kier molecular flexibility index (Phi) is 12.5. The smallest absolute Gasteiger partial charge is 0.319 e. The van der Waals surface area contributed by atoms with Gasteiger partial charge in [0.05, 0.1) is 37.0 Å². The fourth-order valence-electron chi connectivity index (χ4n) is 8.27. The van der Waals surface area contributed by atoms with Gasteiger partial charge in [-0.1, -0.05) is 52.5 Å². The number of anilines is 2. The molecule has 2 aliphatic rings. The van der Waals surface area contributed by atoms with Crippen LogP contribution < -0.4 is 15.4 Å². The molecule has 8 nitrogen and oxygen atoms in total. The SMILES string of the molecule is C=CC(C)=O.[B]C1([B])CN2CC(C)CC2(COc2nc(N(CC)C(CCC(C)C)C(C)C)c3cc(F)c(-c4ccc(F)c5sc(N)c(C#N)c45)cc3n2)C1. The van der Waals surface area contributed by atoms with Crippen molar-refractivity contribution in [2.24, 2.45) is 17.8 Å². The topological polar surface area (TPSA) is 108 Å². The van der Waals surface area contributed by atoms with Crippen LogP contribution in [-0.4, -0.2) is 74.2 Å². The van der Waals surface area contributed by atoms with E-state index in [4.69, 9.17) is 36.1 Å². The van der Waals surface area contributed by atoms with Crippen LogP contribution in [0.4, 0.5) is 19.6 Å². The first kappa shape index (κ1) is 41.2. The van der Waals surface area contributed by atoms with Crippen LogP contribution in [-0.2, 0) is 4.79 Å². The second-order valence-corrected chi connectivity index (χ2v) is 17.0. The predicted octanol–water partition coefficient (Wildman–Crippen LogP) is 8.61. The highest BCUT2D eigenvalue weighted by Gasteiger charge is 2.53. The van der Waals surface area contributed by atoms with Gasteiger partial charge in [0.25, 0.3) is 0 Å². The number of thiophene rings is 1. The van der Waals surface area contributed by atoms with Crippen molar-refractivity contribution in [1.29, 1.82) is 5.26 Å². The quantitative estimate of drug-likeness (QED) is 0.113. The van der Waals surface area contributed by atoms with E-state index in [1.807, 2.05) is 0 Å². The first-order valence-corrected chi connectivity index (χ1v) is 19.5. The molecule has 6 rings (SSSR count). The summed E-state index contributed by atoms with van der Waals surface area (Å²) in [4.78, 5) is 24.1. The number of rotatable bonds is 12. The molecular weight excluding hydrogens is 700 g/mol. The Morgan fingerprint density at radius 1 is 1.20 bits per heavy atom. The van der Waals surface area contributed by atoms with Crippen LogP contribution in [0.2, 0.25) is 5.21 Å². The molecule has 282 valence electrons. The Hall–Kier alpha value is -4.01. The average Bonchev–Trinajstić information content (AvgIpc) is 3.68. The number of ketones is 1. The van der Waals surface area contributed by atoms with E-state index in [0.29, 0.717) is 71.5 Å². The number of ether oxygens (including phenoxy) is 1. The summed E-state index contributed by atoms with van der Waals surface area (Å²) >= 11 is 0.982. The molecule has 13 heteroatoms. The number of fused-ring (bicyclic) bond motifs is 3. The Morgan fingerprint density at radius 2 is 1.91 bits per heavy atom. The van der Waals surface area contributed by atoms with Gasteiger partial charge < -0.3 is 15.4 Å². The second-order valence-electron chi connectivity index (χ2n) is 15.9. The number of hydrogen-bond donors (Lipinski definition) is 1. The number of aromatic nitrogens is 2. The number of nitrogens with zero attached hydrogens (tertiary/aromatic N) is 5. The molecule has 4 heterocycles. The highest BCUT2D eigenvalue weighted by Crippen LogP contribution is 2.50.